The van der Waals surface area contributed by atoms with E-state index in [1.807, 2.05) is 0 Å². The van der Waals surface area contributed by atoms with Gasteiger partial charge in [0.25, 0.3) is 0 Å². The van der Waals surface area contributed by atoms with Gasteiger partial charge in [-0.2, -0.15) is 10.2 Å². The Hall–Kier alpha value is -2.60. The van der Waals surface area contributed by atoms with Gasteiger partial charge in [0.05, 0.1) is 9.40 Å². The van der Waals surface area contributed by atoms with Crippen LogP contribution in [-0.2, 0) is 0 Å². The van der Waals surface area contributed by atoms with E-state index in [0.29, 0.717) is 0 Å². The van der Waals surface area contributed by atoms with E-state index >= 15 is 0 Å². The van der Waals surface area contributed by atoms with Crippen molar-refractivity contribution in [1.82, 2.24) is 9.97 Å². The van der Waals surface area contributed by atoms with E-state index in [4.69, 9.17) is 10.00 Å². The highest BCUT2D eigenvalue weighted by Crippen LogP contribution is 2.34. The van der Waals surface area contributed by atoms with Crippen LogP contribution in [0.25, 0.3) is 0 Å². The lowest BCUT2D eigenvalue weighted by molar-refractivity contribution is -0.385. The summed E-state index contributed by atoms with van der Waals surface area (Å²) in [5.74, 6) is -1.09. The SMILES string of the molecule is N#Cc1ccnc(Oc2cc(F)c(Br)cc2[N+](=O)[O-])n1. The minimum atomic E-state index is -0.734. The smallest absolute Gasteiger partial charge is 0.323 e. The fraction of sp³-hybridized carbons (Fsp3) is 0. The minimum absolute atomic E-state index is 0.0234. The first kappa shape index (κ1) is 13.8. The number of halogens is 2. The molecule has 100 valence electrons. The molecule has 0 radical (unpaired) electrons. The van der Waals surface area contributed by atoms with Crippen LogP contribution >= 0.6 is 15.9 Å². The average Bonchev–Trinajstić information content (AvgIpc) is 2.42. The van der Waals surface area contributed by atoms with Gasteiger partial charge in [0.15, 0.2) is 0 Å². The third-order valence-corrected chi connectivity index (χ3v) is 2.76. The quantitative estimate of drug-likeness (QED) is 0.629. The molecule has 0 spiro atoms. The molecule has 20 heavy (non-hydrogen) atoms. The van der Waals surface area contributed by atoms with Crippen LogP contribution in [0.1, 0.15) is 5.69 Å². The number of nitro benzene ring substituents is 1. The molecule has 0 atom stereocenters. The minimum Gasteiger partial charge on any atom is -0.417 e. The number of nitrogens with zero attached hydrogens (tertiary/aromatic N) is 4. The number of benzene rings is 1. The Morgan fingerprint density at radius 2 is 2.25 bits per heavy atom. The molecule has 0 bridgehead atoms. The molecule has 0 amide bonds. The predicted molar refractivity (Wildman–Crippen MR) is 67.6 cm³/mol. The largest absolute Gasteiger partial charge is 0.417 e. The summed E-state index contributed by atoms with van der Waals surface area (Å²) in [6, 6.07) is 4.63. The Morgan fingerprint density at radius 1 is 1.50 bits per heavy atom. The lowest BCUT2D eigenvalue weighted by atomic mass is 10.3. The van der Waals surface area contributed by atoms with Crippen molar-refractivity contribution < 1.29 is 14.1 Å². The Balaban J connectivity index is 2.45. The van der Waals surface area contributed by atoms with E-state index in [1.165, 1.54) is 12.3 Å². The first-order chi connectivity index (χ1) is 9.51. The van der Waals surface area contributed by atoms with Crippen LogP contribution in [-0.4, -0.2) is 14.9 Å². The van der Waals surface area contributed by atoms with Gasteiger partial charge < -0.3 is 4.74 Å². The van der Waals surface area contributed by atoms with E-state index in [2.05, 4.69) is 25.9 Å². The lowest BCUT2D eigenvalue weighted by Gasteiger charge is -2.05. The van der Waals surface area contributed by atoms with Crippen molar-refractivity contribution in [3.05, 3.63) is 50.5 Å². The Bertz CT molecular complexity index is 732. The molecule has 1 heterocycles. The number of ether oxygens (including phenoxy) is 1. The van der Waals surface area contributed by atoms with Crippen LogP contribution in [0.15, 0.2) is 28.9 Å². The molecule has 0 aliphatic carbocycles. The molecule has 0 unspecified atom stereocenters. The summed E-state index contributed by atoms with van der Waals surface area (Å²) in [6.07, 6.45) is 1.25. The zero-order chi connectivity index (χ0) is 14.7. The van der Waals surface area contributed by atoms with Crippen LogP contribution < -0.4 is 4.74 Å². The van der Waals surface area contributed by atoms with E-state index < -0.39 is 16.4 Å². The highest BCUT2D eigenvalue weighted by molar-refractivity contribution is 9.10. The number of nitriles is 1. The normalized spacial score (nSPS) is 9.85. The molecular formula is C11H4BrFN4O3. The van der Waals surface area contributed by atoms with Crippen molar-refractivity contribution in [3.63, 3.8) is 0 Å². The number of aromatic nitrogens is 2. The third-order valence-electron chi connectivity index (χ3n) is 2.15. The Labute approximate surface area is 119 Å². The summed E-state index contributed by atoms with van der Waals surface area (Å²) in [6.45, 7) is 0. The van der Waals surface area contributed by atoms with Crippen LogP contribution in [0.5, 0.6) is 11.8 Å². The van der Waals surface area contributed by atoms with Crippen molar-refractivity contribution in [2.24, 2.45) is 0 Å². The number of hydrogen-bond donors (Lipinski definition) is 0. The summed E-state index contributed by atoms with van der Waals surface area (Å²) in [7, 11) is 0. The Kier molecular flexibility index (Phi) is 3.86. The van der Waals surface area contributed by atoms with Crippen molar-refractivity contribution in [3.8, 4) is 17.8 Å². The van der Waals surface area contributed by atoms with E-state index in [1.54, 1.807) is 6.07 Å². The molecule has 7 nitrogen and oxygen atoms in total. The molecule has 0 N–H and O–H groups in total. The maximum absolute atomic E-state index is 13.4. The summed E-state index contributed by atoms with van der Waals surface area (Å²) in [5, 5.41) is 19.6. The van der Waals surface area contributed by atoms with Gasteiger partial charge in [-0.15, -0.1) is 0 Å². The lowest BCUT2D eigenvalue weighted by Crippen LogP contribution is -1.98. The van der Waals surface area contributed by atoms with Gasteiger partial charge in [-0.1, -0.05) is 0 Å². The van der Waals surface area contributed by atoms with Crippen LogP contribution in [0.4, 0.5) is 10.1 Å². The van der Waals surface area contributed by atoms with Gasteiger partial charge in [-0.05, 0) is 22.0 Å². The van der Waals surface area contributed by atoms with Crippen molar-refractivity contribution in [2.75, 3.05) is 0 Å². The summed E-state index contributed by atoms with van der Waals surface area (Å²) in [4.78, 5) is 17.5. The second-order valence-corrected chi connectivity index (χ2v) is 4.28. The third kappa shape index (κ3) is 2.86. The molecular weight excluding hydrogens is 335 g/mol. The molecule has 9 heteroatoms. The molecule has 0 saturated heterocycles. The maximum atomic E-state index is 13.4. The van der Waals surface area contributed by atoms with Gasteiger partial charge in [0.1, 0.15) is 17.6 Å². The van der Waals surface area contributed by atoms with Crippen LogP contribution in [0, 0.1) is 27.3 Å². The zero-order valence-corrected chi connectivity index (χ0v) is 11.2. The van der Waals surface area contributed by atoms with Crippen molar-refractivity contribution in [1.29, 1.82) is 5.26 Å². The van der Waals surface area contributed by atoms with Crippen molar-refractivity contribution in [2.45, 2.75) is 0 Å². The molecule has 1 aromatic heterocycles. The number of rotatable bonds is 3. The van der Waals surface area contributed by atoms with Gasteiger partial charge >= 0.3 is 11.7 Å². The summed E-state index contributed by atoms with van der Waals surface area (Å²) >= 11 is 2.85. The molecule has 0 aliphatic rings. The monoisotopic (exact) mass is 338 g/mol. The second-order valence-electron chi connectivity index (χ2n) is 3.43. The molecule has 2 rings (SSSR count). The fourth-order valence-electron chi connectivity index (χ4n) is 1.29. The highest BCUT2D eigenvalue weighted by Gasteiger charge is 2.20. The topological polar surface area (TPSA) is 102 Å². The Morgan fingerprint density at radius 3 is 2.90 bits per heavy atom. The van der Waals surface area contributed by atoms with E-state index in [-0.39, 0.29) is 21.9 Å². The zero-order valence-electron chi connectivity index (χ0n) is 9.58. The standard InChI is InChI=1S/C11H4BrFN4O3/c12-7-3-9(17(18)19)10(4-8(7)13)20-11-15-2-1-6(5-14)16-11/h1-4H. The number of nitro groups is 1. The van der Waals surface area contributed by atoms with E-state index in [0.717, 1.165) is 12.1 Å². The van der Waals surface area contributed by atoms with Gasteiger partial charge in [0, 0.05) is 18.3 Å². The van der Waals surface area contributed by atoms with Gasteiger partial charge in [-0.25, -0.2) is 9.37 Å². The maximum Gasteiger partial charge on any atom is 0.323 e. The van der Waals surface area contributed by atoms with Crippen LogP contribution in [0.2, 0.25) is 0 Å². The average molecular weight is 339 g/mol. The van der Waals surface area contributed by atoms with Crippen LogP contribution in [0.3, 0.4) is 0 Å². The first-order valence-electron chi connectivity index (χ1n) is 5.05. The van der Waals surface area contributed by atoms with Gasteiger partial charge in [0.2, 0.25) is 5.75 Å². The predicted octanol–water partition coefficient (Wildman–Crippen LogP) is 2.95. The molecule has 0 saturated carbocycles. The summed E-state index contributed by atoms with van der Waals surface area (Å²) < 4.78 is 18.4. The molecule has 0 aliphatic heterocycles. The number of hydrogen-bond acceptors (Lipinski definition) is 6. The molecule has 1 aromatic carbocycles. The van der Waals surface area contributed by atoms with E-state index in [9.17, 15) is 14.5 Å². The molecule has 0 fully saturated rings. The fourth-order valence-corrected chi connectivity index (χ4v) is 1.62. The van der Waals surface area contributed by atoms with Gasteiger partial charge in [-0.3, -0.25) is 10.1 Å². The summed E-state index contributed by atoms with van der Waals surface area (Å²) in [5.41, 5.74) is -0.431. The molecule has 2 aromatic rings. The first-order valence-corrected chi connectivity index (χ1v) is 5.85. The van der Waals surface area contributed by atoms with Crippen molar-refractivity contribution >= 4 is 21.6 Å². The highest BCUT2D eigenvalue weighted by atomic mass is 79.9. The second kappa shape index (κ2) is 5.58.